The second kappa shape index (κ2) is 8.03. The topological polar surface area (TPSA) is 82.3 Å². The van der Waals surface area contributed by atoms with Gasteiger partial charge in [-0.25, -0.2) is 0 Å². The van der Waals surface area contributed by atoms with Gasteiger partial charge in [-0.2, -0.15) is 0 Å². The molecule has 0 radical (unpaired) electrons. The summed E-state index contributed by atoms with van der Waals surface area (Å²) in [5.74, 6) is -0.570. The van der Waals surface area contributed by atoms with Gasteiger partial charge >= 0.3 is 0 Å². The first kappa shape index (κ1) is 15.9. The average Bonchev–Trinajstić information content (AvgIpc) is 2.29. The fourth-order valence-electron chi connectivity index (χ4n) is 1.08. The molecule has 0 rings (SSSR count). The van der Waals surface area contributed by atoms with E-state index in [1.165, 1.54) is 0 Å². The van der Waals surface area contributed by atoms with Gasteiger partial charge in [0.25, 0.3) is 0 Å². The Labute approximate surface area is 103 Å². The Hall–Kier alpha value is -1.14. The minimum absolute atomic E-state index is 0.285. The highest BCUT2D eigenvalue weighted by Crippen LogP contribution is 2.14. The zero-order chi connectivity index (χ0) is 13.3. The van der Waals surface area contributed by atoms with Gasteiger partial charge in [0.2, 0.25) is 11.8 Å². The molecule has 0 unspecified atom stereocenters. The molecule has 0 aliphatic heterocycles. The summed E-state index contributed by atoms with van der Waals surface area (Å²) in [6.07, 6.45) is 0. The van der Waals surface area contributed by atoms with Crippen molar-refractivity contribution in [2.45, 2.75) is 27.7 Å². The maximum absolute atomic E-state index is 11.8. The minimum atomic E-state index is -1.06. The van der Waals surface area contributed by atoms with Gasteiger partial charge in [0, 0.05) is 0 Å². The fraction of sp³-hybridized carbons (Fsp3) is 0.818. The molecule has 0 aliphatic rings. The summed E-state index contributed by atoms with van der Waals surface area (Å²) in [5, 5.41) is 11.3. The Bertz CT molecular complexity index is 230. The molecule has 0 fully saturated rings. The molecule has 0 bridgehead atoms. The molecule has 6 heteroatoms. The van der Waals surface area contributed by atoms with Crippen LogP contribution in [-0.2, 0) is 9.59 Å². The van der Waals surface area contributed by atoms with Crippen molar-refractivity contribution >= 4 is 11.8 Å². The van der Waals surface area contributed by atoms with Crippen LogP contribution in [0.25, 0.3) is 0 Å². The summed E-state index contributed by atoms with van der Waals surface area (Å²) in [4.78, 5) is 23.6. The molecule has 0 aliphatic carbocycles. The largest absolute Gasteiger partial charge is 0.343 e. The van der Waals surface area contributed by atoms with Gasteiger partial charge in [-0.3, -0.25) is 9.59 Å². The normalized spacial score (nSPS) is 11.1. The smallest absolute Gasteiger partial charge is 0.236 e. The van der Waals surface area contributed by atoms with Crippen LogP contribution in [0.2, 0.25) is 0 Å². The Morgan fingerprint density at radius 2 is 1.24 bits per heavy atom. The fourth-order valence-corrected chi connectivity index (χ4v) is 1.08. The first-order valence-electron chi connectivity index (χ1n) is 5.94. The van der Waals surface area contributed by atoms with E-state index in [9.17, 15) is 9.59 Å². The second-order valence-corrected chi connectivity index (χ2v) is 4.20. The Morgan fingerprint density at radius 3 is 1.53 bits per heavy atom. The third-order valence-electron chi connectivity index (χ3n) is 2.38. The molecule has 0 aromatic carbocycles. The highest BCUT2D eigenvalue weighted by atomic mass is 16.2. The molecule has 17 heavy (non-hydrogen) atoms. The van der Waals surface area contributed by atoms with E-state index >= 15 is 0 Å². The predicted octanol–water partition coefficient (Wildman–Crippen LogP) is -0.621. The van der Waals surface area contributed by atoms with Crippen molar-refractivity contribution < 1.29 is 9.59 Å². The molecule has 0 aromatic heterocycles. The zero-order valence-corrected chi connectivity index (χ0v) is 11.1. The number of rotatable bonds is 8. The minimum Gasteiger partial charge on any atom is -0.343 e. The molecular weight excluding hydrogens is 220 g/mol. The van der Waals surface area contributed by atoms with E-state index in [1.54, 1.807) is 13.8 Å². The summed E-state index contributed by atoms with van der Waals surface area (Å²) in [7, 11) is 0. The SMILES string of the molecule is CCNCNC(=O)C(C)(C)C(=O)NCNCC. The lowest BCUT2D eigenvalue weighted by Crippen LogP contribution is -2.51. The van der Waals surface area contributed by atoms with E-state index in [4.69, 9.17) is 0 Å². The molecule has 0 aromatic rings. The summed E-state index contributed by atoms with van der Waals surface area (Å²) in [5.41, 5.74) is -1.06. The van der Waals surface area contributed by atoms with Gasteiger partial charge in [0.05, 0.1) is 13.3 Å². The average molecular weight is 244 g/mol. The summed E-state index contributed by atoms with van der Waals surface area (Å²) in [6, 6.07) is 0. The number of amides is 2. The second-order valence-electron chi connectivity index (χ2n) is 4.20. The summed E-state index contributed by atoms with van der Waals surface area (Å²) >= 11 is 0. The maximum Gasteiger partial charge on any atom is 0.236 e. The van der Waals surface area contributed by atoms with Crippen molar-refractivity contribution in [2.24, 2.45) is 5.41 Å². The molecule has 0 spiro atoms. The molecule has 0 heterocycles. The molecule has 0 saturated carbocycles. The van der Waals surface area contributed by atoms with E-state index in [1.807, 2.05) is 13.8 Å². The van der Waals surface area contributed by atoms with Crippen LogP contribution in [0, 0.1) is 5.41 Å². The Balaban J connectivity index is 4.13. The lowest BCUT2D eigenvalue weighted by molar-refractivity contribution is -0.141. The van der Waals surface area contributed by atoms with Crippen LogP contribution in [-0.4, -0.2) is 38.2 Å². The summed E-state index contributed by atoms with van der Waals surface area (Å²) in [6.45, 7) is 9.39. The molecule has 4 N–H and O–H groups in total. The van der Waals surface area contributed by atoms with Crippen LogP contribution < -0.4 is 21.3 Å². The molecule has 100 valence electrons. The van der Waals surface area contributed by atoms with Crippen LogP contribution in [0.1, 0.15) is 27.7 Å². The number of carbonyl (C=O) groups is 2. The van der Waals surface area contributed by atoms with Gasteiger partial charge in [0.1, 0.15) is 5.41 Å². The quantitative estimate of drug-likeness (QED) is 0.260. The lowest BCUT2D eigenvalue weighted by Gasteiger charge is -2.22. The van der Waals surface area contributed by atoms with Crippen LogP contribution in [0.5, 0.6) is 0 Å². The number of nitrogens with one attached hydrogen (secondary N) is 4. The number of carbonyl (C=O) groups excluding carboxylic acids is 2. The lowest BCUT2D eigenvalue weighted by atomic mass is 9.91. The van der Waals surface area contributed by atoms with E-state index in [-0.39, 0.29) is 11.8 Å². The Morgan fingerprint density at radius 1 is 0.882 bits per heavy atom. The van der Waals surface area contributed by atoms with Crippen LogP contribution in [0.3, 0.4) is 0 Å². The first-order valence-corrected chi connectivity index (χ1v) is 5.94. The molecule has 2 amide bonds. The van der Waals surface area contributed by atoms with Gasteiger partial charge in [-0.1, -0.05) is 13.8 Å². The van der Waals surface area contributed by atoms with Crippen molar-refractivity contribution in [3.05, 3.63) is 0 Å². The standard InChI is InChI=1S/C11H24N4O2/c1-5-12-7-14-9(16)11(3,4)10(17)15-8-13-6-2/h12-13H,5-8H2,1-4H3,(H,14,16)(H,15,17). The van der Waals surface area contributed by atoms with Gasteiger partial charge < -0.3 is 21.3 Å². The van der Waals surface area contributed by atoms with Crippen molar-refractivity contribution in [3.8, 4) is 0 Å². The maximum atomic E-state index is 11.8. The van der Waals surface area contributed by atoms with Crippen LogP contribution in [0.15, 0.2) is 0 Å². The van der Waals surface area contributed by atoms with Crippen LogP contribution >= 0.6 is 0 Å². The monoisotopic (exact) mass is 244 g/mol. The third kappa shape index (κ3) is 5.65. The Kier molecular flexibility index (Phi) is 7.49. The predicted molar refractivity (Wildman–Crippen MR) is 67.2 cm³/mol. The highest BCUT2D eigenvalue weighted by Gasteiger charge is 2.35. The van der Waals surface area contributed by atoms with Crippen molar-refractivity contribution in [1.29, 1.82) is 0 Å². The molecule has 0 saturated heterocycles. The molecular formula is C11H24N4O2. The molecule has 6 nitrogen and oxygen atoms in total. The van der Waals surface area contributed by atoms with Gasteiger partial charge in [-0.15, -0.1) is 0 Å². The van der Waals surface area contributed by atoms with E-state index in [2.05, 4.69) is 21.3 Å². The first-order chi connectivity index (χ1) is 7.96. The summed E-state index contributed by atoms with van der Waals surface area (Å²) < 4.78 is 0. The zero-order valence-electron chi connectivity index (χ0n) is 11.1. The van der Waals surface area contributed by atoms with E-state index in [0.717, 1.165) is 13.1 Å². The van der Waals surface area contributed by atoms with Crippen molar-refractivity contribution in [1.82, 2.24) is 21.3 Å². The van der Waals surface area contributed by atoms with E-state index < -0.39 is 5.41 Å². The number of hydrogen-bond acceptors (Lipinski definition) is 4. The van der Waals surface area contributed by atoms with E-state index in [0.29, 0.717) is 13.3 Å². The highest BCUT2D eigenvalue weighted by molar-refractivity contribution is 6.04. The van der Waals surface area contributed by atoms with Crippen LogP contribution in [0.4, 0.5) is 0 Å². The van der Waals surface area contributed by atoms with Gasteiger partial charge in [-0.05, 0) is 26.9 Å². The number of hydrogen-bond donors (Lipinski definition) is 4. The third-order valence-corrected chi connectivity index (χ3v) is 2.38. The van der Waals surface area contributed by atoms with Crippen molar-refractivity contribution in [3.63, 3.8) is 0 Å². The van der Waals surface area contributed by atoms with Crippen molar-refractivity contribution in [2.75, 3.05) is 26.4 Å². The van der Waals surface area contributed by atoms with Gasteiger partial charge in [0.15, 0.2) is 0 Å². The molecule has 0 atom stereocenters.